The Bertz CT molecular complexity index is 1240. The van der Waals surface area contributed by atoms with E-state index in [-0.39, 0.29) is 6.42 Å². The van der Waals surface area contributed by atoms with E-state index in [0.717, 1.165) is 0 Å². The Hall–Kier alpha value is -2.34. The van der Waals surface area contributed by atoms with E-state index in [9.17, 15) is 36.1 Å². The second kappa shape index (κ2) is 13.8. The Kier molecular flexibility index (Phi) is 11.7. The number of carbonyl (C=O) groups excluding carboxylic acids is 2. The van der Waals surface area contributed by atoms with Crippen molar-refractivity contribution in [2.24, 2.45) is 4.99 Å². The molecule has 1 aliphatic rings. The molecule has 0 atom stereocenters. The van der Waals surface area contributed by atoms with Crippen LogP contribution in [-0.4, -0.2) is 60.1 Å². The average Bonchev–Trinajstić information content (AvgIpc) is 3.13. The number of allylic oxidation sites excluding steroid dienone is 4. The summed E-state index contributed by atoms with van der Waals surface area (Å²) >= 11 is 1.92. The van der Waals surface area contributed by atoms with Gasteiger partial charge in [-0.05, 0) is 18.9 Å². The van der Waals surface area contributed by atoms with Crippen LogP contribution in [0.5, 0.6) is 0 Å². The van der Waals surface area contributed by atoms with Gasteiger partial charge in [0.25, 0.3) is 5.91 Å². The molecule has 19 heteroatoms. The fourth-order valence-corrected chi connectivity index (χ4v) is 5.33. The molecule has 0 aliphatic heterocycles. The van der Waals surface area contributed by atoms with Gasteiger partial charge in [0, 0.05) is 31.0 Å². The SMILES string of the molecule is CNC(=O)c1c(NC)sc(C)c1CC(=O)NNSCC(=NCOP(=O)(O)O)C1=C(F)C(C(F)(F)F)=C(F)CC1. The first-order valence-corrected chi connectivity index (χ1v) is 14.2. The molecule has 2 amide bonds. The maximum absolute atomic E-state index is 14.7. The Morgan fingerprint density at radius 3 is 2.44 bits per heavy atom. The monoisotopic (exact) mass is 621 g/mol. The standard InChI is InChI=1S/C20H25F5N5O6PS2/c1-9-11(15(18(32)26-2)19(27-3)39-9)6-14(31)29-30-38-7-13(28-8-36-37(33,34)35)10-4-5-12(21)16(17(10)22)20(23,24)25/h27,30H,4-8H2,1-3H3,(H,26,32)(H,29,31)(H2,33,34,35). The van der Waals surface area contributed by atoms with Gasteiger partial charge in [-0.25, -0.2) is 13.3 Å². The minimum absolute atomic E-state index is 0.212. The molecule has 1 aromatic rings. The van der Waals surface area contributed by atoms with Crippen molar-refractivity contribution in [1.29, 1.82) is 0 Å². The summed E-state index contributed by atoms with van der Waals surface area (Å²) in [7, 11) is -1.94. The van der Waals surface area contributed by atoms with Gasteiger partial charge in [0.2, 0.25) is 5.91 Å². The number of anilines is 1. The molecule has 0 spiro atoms. The van der Waals surface area contributed by atoms with Crippen LogP contribution in [0, 0.1) is 6.92 Å². The lowest BCUT2D eigenvalue weighted by Crippen LogP contribution is -2.35. The number of hydrogen-bond acceptors (Lipinski definition) is 9. The number of aliphatic imine (C=N–C) groups is 1. The van der Waals surface area contributed by atoms with E-state index in [0.29, 0.717) is 33.0 Å². The number of phosphoric acid groups is 1. The molecule has 1 heterocycles. The highest BCUT2D eigenvalue weighted by Crippen LogP contribution is 2.42. The third kappa shape index (κ3) is 9.09. The molecular formula is C20H25F5N5O6PS2. The highest BCUT2D eigenvalue weighted by atomic mass is 32.2. The van der Waals surface area contributed by atoms with Gasteiger partial charge in [-0.3, -0.25) is 24.5 Å². The summed E-state index contributed by atoms with van der Waals surface area (Å²) in [4.78, 5) is 49.2. The third-order valence-corrected chi connectivity index (χ3v) is 7.44. The Balaban J connectivity index is 2.15. The summed E-state index contributed by atoms with van der Waals surface area (Å²) in [5.74, 6) is -4.99. The van der Waals surface area contributed by atoms with Crippen molar-refractivity contribution in [3.8, 4) is 0 Å². The van der Waals surface area contributed by atoms with Gasteiger partial charge in [-0.1, -0.05) is 11.9 Å². The third-order valence-electron chi connectivity index (χ3n) is 5.16. The lowest BCUT2D eigenvalue weighted by molar-refractivity contribution is -0.120. The number of rotatable bonds is 12. The second-order valence-electron chi connectivity index (χ2n) is 7.71. The summed E-state index contributed by atoms with van der Waals surface area (Å²) in [6.45, 7) is 0.703. The van der Waals surface area contributed by atoms with Gasteiger partial charge in [0.15, 0.2) is 0 Å². The normalized spacial score (nSPS) is 15.1. The number of nitrogens with zero attached hydrogens (tertiary/aromatic N) is 1. The molecule has 0 radical (unpaired) electrons. The van der Waals surface area contributed by atoms with Gasteiger partial charge in [0.05, 0.1) is 23.4 Å². The van der Waals surface area contributed by atoms with Crippen LogP contribution in [0.2, 0.25) is 0 Å². The van der Waals surface area contributed by atoms with Crippen molar-refractivity contribution in [1.82, 2.24) is 15.6 Å². The molecule has 1 aromatic heterocycles. The summed E-state index contributed by atoms with van der Waals surface area (Å²) < 4.78 is 83.1. The van der Waals surface area contributed by atoms with Gasteiger partial charge in [0.1, 0.15) is 29.0 Å². The molecule has 0 bridgehead atoms. The van der Waals surface area contributed by atoms with E-state index in [1.165, 1.54) is 18.4 Å². The lowest BCUT2D eigenvalue weighted by Gasteiger charge is -2.21. The van der Waals surface area contributed by atoms with Gasteiger partial charge < -0.3 is 20.4 Å². The van der Waals surface area contributed by atoms with E-state index < -0.39 is 79.7 Å². The van der Waals surface area contributed by atoms with Crippen LogP contribution in [0.4, 0.5) is 27.0 Å². The highest BCUT2D eigenvalue weighted by molar-refractivity contribution is 7.98. The Morgan fingerprint density at radius 1 is 1.21 bits per heavy atom. The van der Waals surface area contributed by atoms with Crippen LogP contribution in [0.25, 0.3) is 0 Å². The number of aryl methyl sites for hydroxylation is 1. The molecule has 2 rings (SSSR count). The maximum Gasteiger partial charge on any atom is 0.471 e. The van der Waals surface area contributed by atoms with E-state index in [2.05, 4.69) is 30.4 Å². The molecule has 11 nitrogen and oxygen atoms in total. The van der Waals surface area contributed by atoms with E-state index in [1.807, 2.05) is 0 Å². The van der Waals surface area contributed by atoms with Crippen molar-refractivity contribution >= 4 is 53.6 Å². The molecule has 0 saturated carbocycles. The van der Waals surface area contributed by atoms with E-state index >= 15 is 0 Å². The minimum atomic E-state index is -5.33. The first kappa shape index (κ1) is 32.9. The topological polar surface area (TPSA) is 161 Å². The Morgan fingerprint density at radius 2 is 1.87 bits per heavy atom. The van der Waals surface area contributed by atoms with Crippen LogP contribution < -0.4 is 20.9 Å². The molecule has 6 N–H and O–H groups in total. The molecule has 0 saturated heterocycles. The van der Waals surface area contributed by atoms with Crippen LogP contribution >= 0.6 is 31.1 Å². The van der Waals surface area contributed by atoms with Crippen LogP contribution in [0.3, 0.4) is 0 Å². The largest absolute Gasteiger partial charge is 0.471 e. The smallest absolute Gasteiger partial charge is 0.379 e. The number of hydrogen-bond donors (Lipinski definition) is 6. The van der Waals surface area contributed by atoms with Gasteiger partial charge in [-0.15, -0.1) is 11.3 Å². The highest BCUT2D eigenvalue weighted by Gasteiger charge is 2.43. The van der Waals surface area contributed by atoms with Crippen LogP contribution in [0.15, 0.2) is 27.8 Å². The first-order valence-electron chi connectivity index (χ1n) is 10.9. The minimum Gasteiger partial charge on any atom is -0.379 e. The molecule has 0 fully saturated rings. The summed E-state index contributed by atoms with van der Waals surface area (Å²) in [5, 5.41) is 5.94. The second-order valence-corrected chi connectivity index (χ2v) is 11.0. The van der Waals surface area contributed by atoms with Gasteiger partial charge >= 0.3 is 14.0 Å². The van der Waals surface area contributed by atoms with E-state index in [4.69, 9.17) is 9.79 Å². The number of nitrogens with one attached hydrogen (secondary N) is 4. The zero-order valence-corrected chi connectivity index (χ0v) is 23.2. The Labute approximate surface area is 227 Å². The van der Waals surface area contributed by atoms with Gasteiger partial charge in [-0.2, -0.15) is 18.0 Å². The number of hydrazine groups is 1. The molecule has 218 valence electrons. The number of thiophene rings is 1. The maximum atomic E-state index is 14.7. The molecule has 0 aromatic carbocycles. The fourth-order valence-electron chi connectivity index (χ4n) is 3.43. The number of phosphoric ester groups is 1. The number of carbonyl (C=O) groups is 2. The number of halogens is 5. The van der Waals surface area contributed by atoms with Crippen molar-refractivity contribution < 1.29 is 50.4 Å². The fraction of sp³-hybridized carbons (Fsp3) is 0.450. The van der Waals surface area contributed by atoms with Crippen molar-refractivity contribution in [3.63, 3.8) is 0 Å². The zero-order valence-electron chi connectivity index (χ0n) is 20.7. The first-order chi connectivity index (χ1) is 18.1. The number of alkyl halides is 3. The average molecular weight is 622 g/mol. The summed E-state index contributed by atoms with van der Waals surface area (Å²) in [6, 6.07) is 0. The lowest BCUT2D eigenvalue weighted by atomic mass is 9.94. The molecule has 39 heavy (non-hydrogen) atoms. The summed E-state index contributed by atoms with van der Waals surface area (Å²) in [5.41, 5.74) is -0.0362. The van der Waals surface area contributed by atoms with Crippen molar-refractivity contribution in [2.75, 3.05) is 31.9 Å². The predicted octanol–water partition coefficient (Wildman–Crippen LogP) is 3.58. The summed E-state index contributed by atoms with van der Waals surface area (Å²) in [6.07, 6.45) is -6.82. The van der Waals surface area contributed by atoms with Crippen molar-refractivity contribution in [3.05, 3.63) is 38.8 Å². The van der Waals surface area contributed by atoms with Crippen LogP contribution in [0.1, 0.15) is 33.6 Å². The molecule has 1 aliphatic carbocycles. The molecular weight excluding hydrogens is 596 g/mol. The number of amides is 2. The van der Waals surface area contributed by atoms with Crippen LogP contribution in [-0.2, 0) is 20.3 Å². The quantitative estimate of drug-likeness (QED) is 0.0512. The van der Waals surface area contributed by atoms with Crippen molar-refractivity contribution in [2.45, 2.75) is 32.4 Å². The van der Waals surface area contributed by atoms with E-state index in [1.54, 1.807) is 14.0 Å². The zero-order chi connectivity index (χ0) is 29.5. The molecule has 0 unspecified atom stereocenters. The predicted molar refractivity (Wildman–Crippen MR) is 136 cm³/mol.